The highest BCUT2D eigenvalue weighted by molar-refractivity contribution is 5.71. The summed E-state index contributed by atoms with van der Waals surface area (Å²) in [6.45, 7) is 0. The van der Waals surface area contributed by atoms with E-state index in [1.807, 2.05) is 6.07 Å². The topological polar surface area (TPSA) is 69.4 Å². The van der Waals surface area contributed by atoms with Crippen molar-refractivity contribution in [2.24, 2.45) is 0 Å². The van der Waals surface area contributed by atoms with E-state index in [0.717, 1.165) is 5.69 Å². The van der Waals surface area contributed by atoms with Gasteiger partial charge in [0.05, 0.1) is 12.8 Å². The van der Waals surface area contributed by atoms with Crippen molar-refractivity contribution < 1.29 is 9.53 Å². The van der Waals surface area contributed by atoms with Gasteiger partial charge in [-0.25, -0.2) is 9.50 Å². The van der Waals surface area contributed by atoms with Crippen LogP contribution in [-0.2, 0) is 16.0 Å². The Hall–Kier alpha value is -1.98. The fraction of sp³-hybridized carbons (Fsp3) is 0.455. The summed E-state index contributed by atoms with van der Waals surface area (Å²) in [5.41, 5.74) is 1.12. The lowest BCUT2D eigenvalue weighted by Crippen LogP contribution is -2.06. The Balaban J connectivity index is 2.00. The zero-order valence-corrected chi connectivity index (χ0v) is 9.46. The summed E-state index contributed by atoms with van der Waals surface area (Å²) in [4.78, 5) is 19.5. The van der Waals surface area contributed by atoms with Crippen LogP contribution >= 0.6 is 0 Å². The van der Waals surface area contributed by atoms with Crippen molar-refractivity contribution in [2.75, 3.05) is 7.11 Å². The molecule has 1 fully saturated rings. The number of carbonyl (C=O) groups excluding carboxylic acids is 1. The number of aromatic nitrogens is 4. The first kappa shape index (κ1) is 10.2. The predicted molar refractivity (Wildman–Crippen MR) is 58.5 cm³/mol. The van der Waals surface area contributed by atoms with Gasteiger partial charge in [0.25, 0.3) is 5.78 Å². The van der Waals surface area contributed by atoms with E-state index in [1.54, 1.807) is 10.7 Å². The maximum absolute atomic E-state index is 11.2. The molecule has 0 N–H and O–H groups in total. The minimum atomic E-state index is -0.339. The molecular weight excluding hydrogens is 220 g/mol. The number of nitrogens with zero attached hydrogens (tertiary/aromatic N) is 4. The molecule has 1 aliphatic carbocycles. The van der Waals surface area contributed by atoms with E-state index in [4.69, 9.17) is 0 Å². The molecule has 0 aliphatic heterocycles. The molecule has 17 heavy (non-hydrogen) atoms. The molecule has 0 bridgehead atoms. The van der Waals surface area contributed by atoms with Crippen molar-refractivity contribution in [2.45, 2.75) is 25.2 Å². The van der Waals surface area contributed by atoms with E-state index in [9.17, 15) is 4.79 Å². The van der Waals surface area contributed by atoms with Gasteiger partial charge in [-0.3, -0.25) is 4.79 Å². The maximum atomic E-state index is 11.2. The molecule has 6 heteroatoms. The van der Waals surface area contributed by atoms with Crippen LogP contribution in [0.1, 0.15) is 30.3 Å². The van der Waals surface area contributed by atoms with Crippen molar-refractivity contribution in [3.8, 4) is 0 Å². The summed E-state index contributed by atoms with van der Waals surface area (Å²) in [6, 6.07) is 1.96. The van der Waals surface area contributed by atoms with Gasteiger partial charge in [-0.1, -0.05) is 0 Å². The number of ether oxygens (including phenoxy) is 1. The zero-order chi connectivity index (χ0) is 11.8. The first-order valence-electron chi connectivity index (χ1n) is 5.55. The summed E-state index contributed by atoms with van der Waals surface area (Å²) in [5.74, 6) is 1.23. The second-order valence-electron chi connectivity index (χ2n) is 4.14. The summed E-state index contributed by atoms with van der Waals surface area (Å²) in [5, 5.41) is 4.30. The van der Waals surface area contributed by atoms with Crippen LogP contribution in [0.4, 0.5) is 0 Å². The number of fused-ring (bicyclic) bond motifs is 1. The molecule has 1 saturated carbocycles. The lowest BCUT2D eigenvalue weighted by atomic mass is 10.3. The quantitative estimate of drug-likeness (QED) is 0.729. The minimum Gasteiger partial charge on any atom is -0.469 e. The van der Waals surface area contributed by atoms with Crippen LogP contribution in [-0.4, -0.2) is 32.7 Å². The molecule has 0 spiro atoms. The van der Waals surface area contributed by atoms with Crippen LogP contribution in [0.2, 0.25) is 0 Å². The van der Waals surface area contributed by atoms with Gasteiger partial charge in [0.1, 0.15) is 6.42 Å². The van der Waals surface area contributed by atoms with E-state index in [-0.39, 0.29) is 12.4 Å². The highest BCUT2D eigenvalue weighted by Crippen LogP contribution is 2.39. The monoisotopic (exact) mass is 232 g/mol. The fourth-order valence-corrected chi connectivity index (χ4v) is 1.82. The molecule has 1 aliphatic rings. The van der Waals surface area contributed by atoms with Gasteiger partial charge in [-0.2, -0.15) is 4.98 Å². The zero-order valence-electron chi connectivity index (χ0n) is 9.46. The third-order valence-corrected chi connectivity index (χ3v) is 2.84. The summed E-state index contributed by atoms with van der Waals surface area (Å²) in [7, 11) is 1.35. The van der Waals surface area contributed by atoms with Crippen molar-refractivity contribution in [1.82, 2.24) is 19.6 Å². The molecule has 0 aromatic carbocycles. The van der Waals surface area contributed by atoms with E-state index in [0.29, 0.717) is 17.5 Å². The Morgan fingerprint density at radius 3 is 3.12 bits per heavy atom. The van der Waals surface area contributed by atoms with Crippen LogP contribution in [0.15, 0.2) is 12.3 Å². The number of methoxy groups -OCH3 is 1. The van der Waals surface area contributed by atoms with Gasteiger partial charge in [0.2, 0.25) is 0 Å². The van der Waals surface area contributed by atoms with E-state index < -0.39 is 0 Å². The van der Waals surface area contributed by atoms with Gasteiger partial charge in [0.15, 0.2) is 5.82 Å². The van der Waals surface area contributed by atoms with Gasteiger partial charge in [-0.05, 0) is 18.9 Å². The number of carbonyl (C=O) groups is 1. The summed E-state index contributed by atoms with van der Waals surface area (Å²) < 4.78 is 6.32. The molecule has 0 unspecified atom stereocenters. The van der Waals surface area contributed by atoms with Gasteiger partial charge >= 0.3 is 5.97 Å². The molecule has 0 amide bonds. The van der Waals surface area contributed by atoms with Crippen LogP contribution in [0, 0.1) is 0 Å². The third-order valence-electron chi connectivity index (χ3n) is 2.84. The lowest BCUT2D eigenvalue weighted by molar-refractivity contribution is -0.139. The van der Waals surface area contributed by atoms with Crippen molar-refractivity contribution in [3.05, 3.63) is 23.8 Å². The highest BCUT2D eigenvalue weighted by Gasteiger charge is 2.27. The second kappa shape index (κ2) is 3.80. The standard InChI is InChI=1S/C11H12N4O2/c1-17-10(16)6-9-13-11-12-5-4-8(7-2-3-7)15(11)14-9/h4-5,7H,2-3,6H2,1H3. The SMILES string of the molecule is COC(=O)Cc1nc2nccc(C3CC3)n2n1. The Bertz CT molecular complexity index is 574. The molecular formula is C11H12N4O2. The molecule has 88 valence electrons. The molecule has 0 radical (unpaired) electrons. The van der Waals surface area contributed by atoms with E-state index in [1.165, 1.54) is 20.0 Å². The largest absolute Gasteiger partial charge is 0.469 e. The predicted octanol–water partition coefficient (Wildman–Crippen LogP) is 0.717. The molecule has 0 saturated heterocycles. The van der Waals surface area contributed by atoms with Crippen LogP contribution in [0.5, 0.6) is 0 Å². The number of hydrogen-bond acceptors (Lipinski definition) is 5. The Labute approximate surface area is 97.6 Å². The van der Waals surface area contributed by atoms with E-state index >= 15 is 0 Å². The number of esters is 1. The third kappa shape index (κ3) is 1.86. The Morgan fingerprint density at radius 2 is 2.41 bits per heavy atom. The number of hydrogen-bond donors (Lipinski definition) is 0. The Kier molecular flexibility index (Phi) is 2.28. The highest BCUT2D eigenvalue weighted by atomic mass is 16.5. The minimum absolute atomic E-state index is 0.0873. The number of rotatable bonds is 3. The van der Waals surface area contributed by atoms with Crippen molar-refractivity contribution in [3.63, 3.8) is 0 Å². The van der Waals surface area contributed by atoms with Crippen LogP contribution in [0.3, 0.4) is 0 Å². The van der Waals surface area contributed by atoms with Gasteiger partial charge < -0.3 is 4.74 Å². The van der Waals surface area contributed by atoms with Crippen molar-refractivity contribution >= 4 is 11.7 Å². The first-order chi connectivity index (χ1) is 8.28. The maximum Gasteiger partial charge on any atom is 0.313 e. The molecule has 2 aromatic heterocycles. The molecule has 6 nitrogen and oxygen atoms in total. The van der Waals surface area contributed by atoms with E-state index in [2.05, 4.69) is 19.8 Å². The van der Waals surface area contributed by atoms with Gasteiger partial charge in [-0.15, -0.1) is 5.10 Å². The van der Waals surface area contributed by atoms with Crippen LogP contribution in [0.25, 0.3) is 5.78 Å². The second-order valence-corrected chi connectivity index (χ2v) is 4.14. The molecule has 0 atom stereocenters. The van der Waals surface area contributed by atoms with Crippen LogP contribution < -0.4 is 0 Å². The molecule has 3 rings (SSSR count). The normalized spacial score (nSPS) is 15.1. The molecule has 2 aromatic rings. The average Bonchev–Trinajstić information content (AvgIpc) is 3.08. The average molecular weight is 232 g/mol. The van der Waals surface area contributed by atoms with Gasteiger partial charge in [0, 0.05) is 12.1 Å². The smallest absolute Gasteiger partial charge is 0.313 e. The fourth-order valence-electron chi connectivity index (χ4n) is 1.82. The molecule has 2 heterocycles. The Morgan fingerprint density at radius 1 is 1.59 bits per heavy atom. The first-order valence-corrected chi connectivity index (χ1v) is 5.55. The lowest BCUT2D eigenvalue weighted by Gasteiger charge is -1.99. The summed E-state index contributed by atoms with van der Waals surface area (Å²) in [6.07, 6.45) is 4.19. The summed E-state index contributed by atoms with van der Waals surface area (Å²) >= 11 is 0. The van der Waals surface area contributed by atoms with Crippen molar-refractivity contribution in [1.29, 1.82) is 0 Å².